The van der Waals surface area contributed by atoms with E-state index >= 15 is 0 Å². The minimum absolute atomic E-state index is 0.196. The number of carbonyl (C=O) groups is 2. The third-order valence-corrected chi connectivity index (χ3v) is 11.0. The van der Waals surface area contributed by atoms with Gasteiger partial charge in [-0.25, -0.2) is 9.59 Å². The zero-order chi connectivity index (χ0) is 28.5. The molecule has 2 amide bonds. The fraction of sp³-hybridized carbons (Fsp3) is 0.931. The maximum absolute atomic E-state index is 12.1. The van der Waals surface area contributed by atoms with Crippen molar-refractivity contribution in [1.82, 2.24) is 10.6 Å². The third-order valence-electron chi connectivity index (χ3n) is 8.38. The Morgan fingerprint density at radius 1 is 0.795 bits per heavy atom. The van der Waals surface area contributed by atoms with Gasteiger partial charge in [0.15, 0.2) is 8.32 Å². The van der Waals surface area contributed by atoms with Gasteiger partial charge in [0.05, 0.1) is 19.3 Å². The summed E-state index contributed by atoms with van der Waals surface area (Å²) in [6.45, 7) is 10.6. The Hall–Kier alpha value is -1.36. The van der Waals surface area contributed by atoms with Gasteiger partial charge < -0.3 is 34.0 Å². The zero-order valence-corrected chi connectivity index (χ0v) is 26.3. The molecule has 0 aromatic rings. The van der Waals surface area contributed by atoms with Gasteiger partial charge in [0.25, 0.3) is 0 Å². The fourth-order valence-electron chi connectivity index (χ4n) is 5.47. The summed E-state index contributed by atoms with van der Waals surface area (Å²) in [5.74, 6) is 1.45. The first-order valence-electron chi connectivity index (χ1n) is 15.3. The Kier molecular flexibility index (Phi) is 16.4. The fourth-order valence-corrected chi connectivity index (χ4v) is 6.67. The molecule has 2 rings (SSSR count). The van der Waals surface area contributed by atoms with Crippen LogP contribution in [-0.4, -0.2) is 78.8 Å². The minimum Gasteiger partial charge on any atom is -0.447 e. The number of alkyl carbamates (subject to hydrolysis) is 2. The Balaban J connectivity index is 1.47. The van der Waals surface area contributed by atoms with Gasteiger partial charge in [0, 0.05) is 25.8 Å². The van der Waals surface area contributed by atoms with Gasteiger partial charge in [-0.15, -0.1) is 0 Å². The van der Waals surface area contributed by atoms with E-state index in [1.54, 1.807) is 7.11 Å². The summed E-state index contributed by atoms with van der Waals surface area (Å²) in [5.41, 5.74) is 0. The second-order valence-electron chi connectivity index (χ2n) is 12.0. The van der Waals surface area contributed by atoms with Crippen LogP contribution in [0.3, 0.4) is 0 Å². The molecule has 0 heterocycles. The van der Waals surface area contributed by atoms with Crippen molar-refractivity contribution in [3.63, 3.8) is 0 Å². The molecule has 0 spiro atoms. The maximum Gasteiger partial charge on any atom is 0.407 e. The molecule has 0 aromatic carbocycles. The van der Waals surface area contributed by atoms with E-state index in [1.807, 2.05) is 6.92 Å². The molecule has 1 atom stereocenters. The summed E-state index contributed by atoms with van der Waals surface area (Å²) < 4.78 is 27.2. The molecule has 0 bridgehead atoms. The van der Waals surface area contributed by atoms with Crippen LogP contribution in [0.4, 0.5) is 9.59 Å². The molecule has 2 aliphatic rings. The van der Waals surface area contributed by atoms with Crippen molar-refractivity contribution >= 4 is 20.5 Å². The molecule has 0 radical (unpaired) electrons. The van der Waals surface area contributed by atoms with Crippen molar-refractivity contribution in [2.45, 2.75) is 122 Å². The maximum atomic E-state index is 12.1. The lowest BCUT2D eigenvalue weighted by Gasteiger charge is -2.34. The third kappa shape index (κ3) is 15.3. The van der Waals surface area contributed by atoms with Crippen LogP contribution in [0, 0.1) is 11.8 Å². The molecule has 0 saturated heterocycles. The Morgan fingerprint density at radius 2 is 1.31 bits per heavy atom. The van der Waals surface area contributed by atoms with Crippen LogP contribution in [0.1, 0.15) is 84.5 Å². The quantitative estimate of drug-likeness (QED) is 0.162. The number of ether oxygens (including phenoxy) is 4. The molecule has 0 aliphatic heterocycles. The van der Waals surface area contributed by atoms with E-state index < -0.39 is 8.32 Å². The van der Waals surface area contributed by atoms with Gasteiger partial charge in [-0.3, -0.25) is 0 Å². The SMILES string of the molecule is CCC(C)OCCOC(=O)NC1CCC(CC2CCC(NC(=O)OCCOCCC[Si](C)(C)OC)CC2)CC1. The summed E-state index contributed by atoms with van der Waals surface area (Å²) in [4.78, 5) is 24.2. The topological polar surface area (TPSA) is 104 Å². The van der Waals surface area contributed by atoms with Crippen LogP contribution in [0.25, 0.3) is 0 Å². The van der Waals surface area contributed by atoms with E-state index in [4.69, 9.17) is 23.4 Å². The van der Waals surface area contributed by atoms with E-state index in [1.165, 1.54) is 6.42 Å². The van der Waals surface area contributed by atoms with Gasteiger partial charge in [-0.05, 0) is 109 Å². The first kappa shape index (κ1) is 33.8. The molecular formula is C29H56N2O7Si. The number of hydrogen-bond acceptors (Lipinski definition) is 7. The molecule has 2 fully saturated rings. The van der Waals surface area contributed by atoms with Crippen molar-refractivity contribution < 1.29 is 33.0 Å². The van der Waals surface area contributed by atoms with E-state index in [2.05, 4.69) is 30.7 Å². The van der Waals surface area contributed by atoms with Crippen molar-refractivity contribution in [2.24, 2.45) is 11.8 Å². The molecule has 2 aliphatic carbocycles. The lowest BCUT2D eigenvalue weighted by atomic mass is 9.76. The van der Waals surface area contributed by atoms with Crippen LogP contribution in [0.5, 0.6) is 0 Å². The van der Waals surface area contributed by atoms with Crippen LogP contribution >= 0.6 is 0 Å². The molecule has 10 heteroatoms. The van der Waals surface area contributed by atoms with E-state index in [9.17, 15) is 9.59 Å². The normalized spacial score (nSPS) is 24.5. The molecular weight excluding hydrogens is 516 g/mol. The van der Waals surface area contributed by atoms with Crippen molar-refractivity contribution in [1.29, 1.82) is 0 Å². The van der Waals surface area contributed by atoms with E-state index in [-0.39, 0.29) is 37.0 Å². The minimum atomic E-state index is -1.52. The van der Waals surface area contributed by atoms with Crippen LogP contribution in [0.2, 0.25) is 19.1 Å². The Labute approximate surface area is 237 Å². The zero-order valence-electron chi connectivity index (χ0n) is 25.3. The van der Waals surface area contributed by atoms with Crippen LogP contribution in [0.15, 0.2) is 0 Å². The highest BCUT2D eigenvalue weighted by Crippen LogP contribution is 2.35. The second-order valence-corrected chi connectivity index (χ2v) is 16.4. The molecule has 0 aromatic heterocycles. The number of amides is 2. The summed E-state index contributed by atoms with van der Waals surface area (Å²) in [6.07, 6.45) is 11.4. The van der Waals surface area contributed by atoms with Gasteiger partial charge in [-0.2, -0.15) is 0 Å². The highest BCUT2D eigenvalue weighted by atomic mass is 28.4. The predicted octanol–water partition coefficient (Wildman–Crippen LogP) is 6.02. The van der Waals surface area contributed by atoms with Crippen molar-refractivity contribution in [3.05, 3.63) is 0 Å². The number of hydrogen-bond donors (Lipinski definition) is 2. The van der Waals surface area contributed by atoms with Crippen LogP contribution < -0.4 is 10.6 Å². The lowest BCUT2D eigenvalue weighted by Crippen LogP contribution is -2.39. The smallest absolute Gasteiger partial charge is 0.407 e. The highest BCUT2D eigenvalue weighted by Gasteiger charge is 2.28. The largest absolute Gasteiger partial charge is 0.447 e. The first-order valence-corrected chi connectivity index (χ1v) is 18.4. The summed E-state index contributed by atoms with van der Waals surface area (Å²) >= 11 is 0. The predicted molar refractivity (Wildman–Crippen MR) is 156 cm³/mol. The average Bonchev–Trinajstić information content (AvgIpc) is 2.92. The van der Waals surface area contributed by atoms with Gasteiger partial charge >= 0.3 is 12.2 Å². The number of rotatable bonds is 17. The molecule has 9 nitrogen and oxygen atoms in total. The van der Waals surface area contributed by atoms with Crippen molar-refractivity contribution in [2.75, 3.05) is 40.1 Å². The average molecular weight is 573 g/mol. The lowest BCUT2D eigenvalue weighted by molar-refractivity contribution is 0.0283. The van der Waals surface area contributed by atoms with Crippen molar-refractivity contribution in [3.8, 4) is 0 Å². The molecule has 39 heavy (non-hydrogen) atoms. The van der Waals surface area contributed by atoms with Gasteiger partial charge in [0.2, 0.25) is 0 Å². The van der Waals surface area contributed by atoms with E-state index in [0.29, 0.717) is 26.4 Å². The van der Waals surface area contributed by atoms with E-state index in [0.717, 1.165) is 82.1 Å². The van der Waals surface area contributed by atoms with Gasteiger partial charge in [-0.1, -0.05) is 6.92 Å². The molecule has 2 N–H and O–H groups in total. The summed E-state index contributed by atoms with van der Waals surface area (Å²) in [6, 6.07) is 1.49. The summed E-state index contributed by atoms with van der Waals surface area (Å²) in [7, 11) is 0.264. The number of nitrogens with one attached hydrogen (secondary N) is 2. The standard InChI is InChI=1S/C29H56N2O7Si/c1-6-23(2)36-19-20-38-29(33)31-27-14-10-25(11-15-27)22-24-8-12-26(13-9-24)30-28(32)37-18-17-35-16-7-21-39(4,5)34-3/h23-27H,6-22H2,1-5H3,(H,30,32)(H,31,33). The van der Waals surface area contributed by atoms with Crippen LogP contribution in [-0.2, 0) is 23.4 Å². The second kappa shape index (κ2) is 18.9. The monoisotopic (exact) mass is 572 g/mol. The Bertz CT molecular complexity index is 681. The number of carbonyl (C=O) groups excluding carboxylic acids is 2. The molecule has 228 valence electrons. The van der Waals surface area contributed by atoms with Gasteiger partial charge in [0.1, 0.15) is 13.2 Å². The molecule has 1 unspecified atom stereocenters. The summed E-state index contributed by atoms with van der Waals surface area (Å²) in [5, 5.41) is 6.06. The molecule has 2 saturated carbocycles. The highest BCUT2D eigenvalue weighted by molar-refractivity contribution is 6.71. The Morgan fingerprint density at radius 3 is 1.79 bits per heavy atom. The first-order chi connectivity index (χ1) is 18.7.